The number of esters is 1. The molecule has 0 spiro atoms. The SMILES string of the molecule is COC(=O)[C@H]1C[C@H]2O[C@]1(C)OC2(C)C. The third-order valence-corrected chi connectivity index (χ3v) is 3.19. The first-order valence-corrected chi connectivity index (χ1v) is 4.85. The van der Waals surface area contributed by atoms with E-state index in [1.165, 1.54) is 7.11 Å². The second kappa shape index (κ2) is 2.70. The number of methoxy groups -OCH3 is 1. The highest BCUT2D eigenvalue weighted by atomic mass is 16.8. The molecule has 2 heterocycles. The fourth-order valence-electron chi connectivity index (χ4n) is 2.40. The molecule has 2 fully saturated rings. The number of carbonyl (C=O) groups excluding carboxylic acids is 1. The number of ether oxygens (including phenoxy) is 3. The Bertz CT molecular complexity index is 273. The van der Waals surface area contributed by atoms with Crippen LogP contribution in [0.2, 0.25) is 0 Å². The number of rotatable bonds is 1. The van der Waals surface area contributed by atoms with Gasteiger partial charge < -0.3 is 14.2 Å². The zero-order valence-corrected chi connectivity index (χ0v) is 8.99. The van der Waals surface area contributed by atoms with Gasteiger partial charge in [0.25, 0.3) is 0 Å². The molecule has 0 unspecified atom stereocenters. The van der Waals surface area contributed by atoms with Crippen molar-refractivity contribution < 1.29 is 19.0 Å². The standard InChI is InChI=1S/C10H16O4/c1-9(2)7-5-6(8(11)12-4)10(3,13-7)14-9/h6-7H,5H2,1-4H3/t6-,7-,10-/m1/s1. The number of carbonyl (C=O) groups is 1. The maximum atomic E-state index is 11.4. The molecule has 2 rings (SSSR count). The maximum Gasteiger partial charge on any atom is 0.314 e. The average Bonchev–Trinajstić information content (AvgIpc) is 2.50. The van der Waals surface area contributed by atoms with Crippen LogP contribution >= 0.6 is 0 Å². The third kappa shape index (κ3) is 1.17. The Hall–Kier alpha value is -0.610. The van der Waals surface area contributed by atoms with Crippen LogP contribution in [0.4, 0.5) is 0 Å². The molecule has 0 N–H and O–H groups in total. The third-order valence-electron chi connectivity index (χ3n) is 3.19. The van der Waals surface area contributed by atoms with Gasteiger partial charge in [-0.25, -0.2) is 0 Å². The summed E-state index contributed by atoms with van der Waals surface area (Å²) in [7, 11) is 1.39. The lowest BCUT2D eigenvalue weighted by Gasteiger charge is -2.34. The summed E-state index contributed by atoms with van der Waals surface area (Å²) < 4.78 is 16.2. The lowest BCUT2D eigenvalue weighted by atomic mass is 9.87. The number of hydrogen-bond donors (Lipinski definition) is 0. The molecule has 0 saturated carbocycles. The average molecular weight is 200 g/mol. The Morgan fingerprint density at radius 1 is 1.43 bits per heavy atom. The van der Waals surface area contributed by atoms with E-state index in [0.29, 0.717) is 6.42 Å². The van der Waals surface area contributed by atoms with E-state index in [9.17, 15) is 4.79 Å². The molecule has 3 atom stereocenters. The Balaban J connectivity index is 2.20. The molecule has 0 amide bonds. The molecule has 2 aliphatic rings. The van der Waals surface area contributed by atoms with Crippen LogP contribution in [-0.2, 0) is 19.0 Å². The van der Waals surface area contributed by atoms with Gasteiger partial charge in [0, 0.05) is 0 Å². The molecular weight excluding hydrogens is 184 g/mol. The molecule has 0 aromatic carbocycles. The van der Waals surface area contributed by atoms with Gasteiger partial charge in [-0.2, -0.15) is 0 Å². The van der Waals surface area contributed by atoms with E-state index in [4.69, 9.17) is 14.2 Å². The van der Waals surface area contributed by atoms with Crippen molar-refractivity contribution in [2.45, 2.75) is 44.7 Å². The maximum absolute atomic E-state index is 11.4. The minimum atomic E-state index is -0.790. The predicted octanol–water partition coefficient (Wildman–Crippen LogP) is 1.09. The van der Waals surface area contributed by atoms with E-state index in [2.05, 4.69) is 0 Å². The molecule has 4 heteroatoms. The van der Waals surface area contributed by atoms with Gasteiger partial charge in [0.15, 0.2) is 5.79 Å². The molecule has 4 nitrogen and oxygen atoms in total. The van der Waals surface area contributed by atoms with Crippen LogP contribution in [-0.4, -0.2) is 30.6 Å². The van der Waals surface area contributed by atoms with Crippen molar-refractivity contribution in [1.29, 1.82) is 0 Å². The van der Waals surface area contributed by atoms with Crippen LogP contribution in [0, 0.1) is 5.92 Å². The summed E-state index contributed by atoms with van der Waals surface area (Å²) in [5.41, 5.74) is -0.292. The fraction of sp³-hybridized carbons (Fsp3) is 0.900. The Morgan fingerprint density at radius 2 is 2.07 bits per heavy atom. The minimum absolute atomic E-state index is 0.00315. The summed E-state index contributed by atoms with van der Waals surface area (Å²) in [5, 5.41) is 0. The van der Waals surface area contributed by atoms with E-state index in [1.807, 2.05) is 20.8 Å². The highest BCUT2D eigenvalue weighted by Crippen LogP contribution is 2.51. The lowest BCUT2D eigenvalue weighted by Crippen LogP contribution is -2.46. The molecule has 80 valence electrons. The van der Waals surface area contributed by atoms with E-state index in [0.717, 1.165) is 0 Å². The van der Waals surface area contributed by atoms with Gasteiger partial charge in [-0.3, -0.25) is 4.79 Å². The zero-order chi connectivity index (χ0) is 10.6. The summed E-state index contributed by atoms with van der Waals surface area (Å²) in [6, 6.07) is 0. The number of fused-ring (bicyclic) bond motifs is 2. The second-order valence-electron chi connectivity index (χ2n) is 4.64. The summed E-state index contributed by atoms with van der Waals surface area (Å²) in [6.45, 7) is 5.77. The fourth-order valence-corrected chi connectivity index (χ4v) is 2.40. The van der Waals surface area contributed by atoms with Crippen LogP contribution in [0.15, 0.2) is 0 Å². The van der Waals surface area contributed by atoms with Gasteiger partial charge in [0.2, 0.25) is 0 Å². The van der Waals surface area contributed by atoms with Gasteiger partial charge in [-0.05, 0) is 27.2 Å². The first kappa shape index (κ1) is 9.93. The quantitative estimate of drug-likeness (QED) is 0.594. The first-order valence-electron chi connectivity index (χ1n) is 4.85. The highest BCUT2D eigenvalue weighted by Gasteiger charge is 2.63. The van der Waals surface area contributed by atoms with Crippen molar-refractivity contribution in [1.82, 2.24) is 0 Å². The van der Waals surface area contributed by atoms with Crippen molar-refractivity contribution in [2.24, 2.45) is 5.92 Å². The Labute approximate surface area is 83.5 Å². The van der Waals surface area contributed by atoms with Gasteiger partial charge in [-0.15, -0.1) is 0 Å². The summed E-state index contributed by atoms with van der Waals surface area (Å²) in [5.74, 6) is -1.32. The molecule has 2 saturated heterocycles. The Morgan fingerprint density at radius 3 is 2.43 bits per heavy atom. The second-order valence-corrected chi connectivity index (χ2v) is 4.64. The van der Waals surface area contributed by atoms with Crippen molar-refractivity contribution in [3.8, 4) is 0 Å². The van der Waals surface area contributed by atoms with Crippen molar-refractivity contribution in [3.05, 3.63) is 0 Å². The first-order chi connectivity index (χ1) is 6.39. The molecule has 14 heavy (non-hydrogen) atoms. The predicted molar refractivity (Wildman–Crippen MR) is 48.6 cm³/mol. The zero-order valence-electron chi connectivity index (χ0n) is 8.99. The summed E-state index contributed by atoms with van der Waals surface area (Å²) in [6.07, 6.45) is 0.687. The Kier molecular flexibility index (Phi) is 1.92. The molecule has 2 aliphatic heterocycles. The van der Waals surface area contributed by atoms with Gasteiger partial charge in [0.1, 0.15) is 5.92 Å². The van der Waals surface area contributed by atoms with Crippen LogP contribution in [0.3, 0.4) is 0 Å². The summed E-state index contributed by atoms with van der Waals surface area (Å²) in [4.78, 5) is 11.4. The lowest BCUT2D eigenvalue weighted by molar-refractivity contribution is -0.203. The number of hydrogen-bond acceptors (Lipinski definition) is 4. The van der Waals surface area contributed by atoms with Crippen molar-refractivity contribution in [3.63, 3.8) is 0 Å². The molecule has 2 bridgehead atoms. The van der Waals surface area contributed by atoms with E-state index >= 15 is 0 Å². The monoisotopic (exact) mass is 200 g/mol. The van der Waals surface area contributed by atoms with Gasteiger partial charge in [0.05, 0.1) is 18.8 Å². The normalized spacial score (nSPS) is 44.0. The highest BCUT2D eigenvalue weighted by molar-refractivity contribution is 5.74. The molecule has 0 radical (unpaired) electrons. The van der Waals surface area contributed by atoms with Crippen molar-refractivity contribution >= 4 is 5.97 Å². The molecule has 0 aliphatic carbocycles. The molecule has 0 aromatic rings. The molecule has 0 aromatic heterocycles. The topological polar surface area (TPSA) is 44.8 Å². The molecular formula is C10H16O4. The smallest absolute Gasteiger partial charge is 0.314 e. The van der Waals surface area contributed by atoms with Crippen LogP contribution in [0.25, 0.3) is 0 Å². The van der Waals surface area contributed by atoms with Gasteiger partial charge >= 0.3 is 5.97 Å². The largest absolute Gasteiger partial charge is 0.469 e. The van der Waals surface area contributed by atoms with Crippen LogP contribution in [0.5, 0.6) is 0 Å². The van der Waals surface area contributed by atoms with Crippen LogP contribution < -0.4 is 0 Å². The summed E-state index contributed by atoms with van der Waals surface area (Å²) >= 11 is 0. The van der Waals surface area contributed by atoms with E-state index < -0.39 is 5.79 Å². The van der Waals surface area contributed by atoms with E-state index in [-0.39, 0.29) is 23.6 Å². The van der Waals surface area contributed by atoms with Crippen molar-refractivity contribution in [2.75, 3.05) is 7.11 Å². The van der Waals surface area contributed by atoms with Gasteiger partial charge in [-0.1, -0.05) is 0 Å². The minimum Gasteiger partial charge on any atom is -0.469 e. The van der Waals surface area contributed by atoms with Crippen LogP contribution in [0.1, 0.15) is 27.2 Å². The van der Waals surface area contributed by atoms with E-state index in [1.54, 1.807) is 0 Å².